The van der Waals surface area contributed by atoms with Gasteiger partial charge >= 0.3 is 0 Å². The smallest absolute Gasteiger partial charge is 0.162 e. The highest BCUT2D eigenvalue weighted by Gasteiger charge is 2.07. The van der Waals surface area contributed by atoms with Crippen LogP contribution in [0.5, 0.6) is 11.5 Å². The standard InChI is InChI=1S/C12H12NO2/c1-8-4-5-13-10-7-12(15-3)11(14-2)6-9(8)10/h4-7H,1H2,2-3H3. The molecule has 0 fully saturated rings. The predicted molar refractivity (Wildman–Crippen MR) is 59.3 cm³/mol. The van der Waals surface area contributed by atoms with Gasteiger partial charge < -0.3 is 9.47 Å². The van der Waals surface area contributed by atoms with Crippen LogP contribution in [0.15, 0.2) is 24.4 Å². The van der Waals surface area contributed by atoms with Gasteiger partial charge in [0, 0.05) is 17.6 Å². The lowest BCUT2D eigenvalue weighted by Crippen LogP contribution is -1.92. The molecule has 0 saturated carbocycles. The Bertz CT molecular complexity index is 494. The molecule has 0 bridgehead atoms. The summed E-state index contributed by atoms with van der Waals surface area (Å²) in [6.45, 7) is 3.94. The van der Waals surface area contributed by atoms with Gasteiger partial charge in [-0.05, 0) is 24.6 Å². The molecule has 77 valence electrons. The predicted octanol–water partition coefficient (Wildman–Crippen LogP) is 2.43. The molecule has 15 heavy (non-hydrogen) atoms. The molecule has 0 atom stereocenters. The number of hydrogen-bond acceptors (Lipinski definition) is 3. The van der Waals surface area contributed by atoms with Crippen LogP contribution in [0.25, 0.3) is 10.9 Å². The maximum absolute atomic E-state index is 5.22. The van der Waals surface area contributed by atoms with E-state index in [0.717, 1.165) is 16.5 Å². The number of benzene rings is 1. The first-order valence-electron chi connectivity index (χ1n) is 4.59. The molecule has 2 rings (SSSR count). The van der Waals surface area contributed by atoms with Crippen LogP contribution in [0.2, 0.25) is 0 Å². The zero-order valence-corrected chi connectivity index (χ0v) is 8.78. The Morgan fingerprint density at radius 3 is 2.47 bits per heavy atom. The summed E-state index contributed by atoms with van der Waals surface area (Å²) in [5, 5.41) is 0.982. The fraction of sp³-hybridized carbons (Fsp3) is 0.167. The first-order valence-corrected chi connectivity index (χ1v) is 4.59. The first kappa shape index (κ1) is 9.77. The second kappa shape index (κ2) is 3.77. The van der Waals surface area contributed by atoms with E-state index >= 15 is 0 Å². The minimum absolute atomic E-state index is 0.683. The molecular formula is C12H12NO2. The molecule has 2 aromatic rings. The van der Waals surface area contributed by atoms with Crippen LogP contribution in [0.1, 0.15) is 5.56 Å². The molecule has 0 amide bonds. The second-order valence-corrected chi connectivity index (χ2v) is 3.19. The van der Waals surface area contributed by atoms with Crippen molar-refractivity contribution in [3.63, 3.8) is 0 Å². The third-order valence-corrected chi connectivity index (χ3v) is 2.34. The molecule has 0 aliphatic rings. The zero-order chi connectivity index (χ0) is 10.8. The number of aromatic nitrogens is 1. The molecule has 0 spiro atoms. The van der Waals surface area contributed by atoms with Gasteiger partial charge in [-0.1, -0.05) is 0 Å². The van der Waals surface area contributed by atoms with Crippen LogP contribution in [0, 0.1) is 6.92 Å². The number of fused-ring (bicyclic) bond motifs is 1. The quantitative estimate of drug-likeness (QED) is 0.749. The number of nitrogens with zero attached hydrogens (tertiary/aromatic N) is 1. The molecule has 1 radical (unpaired) electrons. The second-order valence-electron chi connectivity index (χ2n) is 3.19. The van der Waals surface area contributed by atoms with E-state index in [-0.39, 0.29) is 0 Å². The minimum Gasteiger partial charge on any atom is -0.493 e. The van der Waals surface area contributed by atoms with Crippen molar-refractivity contribution in [2.45, 2.75) is 0 Å². The van der Waals surface area contributed by atoms with Crippen LogP contribution >= 0.6 is 0 Å². The number of methoxy groups -OCH3 is 2. The van der Waals surface area contributed by atoms with Crippen LogP contribution in [-0.2, 0) is 0 Å². The summed E-state index contributed by atoms with van der Waals surface area (Å²) in [6, 6.07) is 5.61. The molecule has 0 aliphatic heterocycles. The molecule has 1 aromatic heterocycles. The summed E-state index contributed by atoms with van der Waals surface area (Å²) in [5.41, 5.74) is 1.79. The lowest BCUT2D eigenvalue weighted by atomic mass is 10.1. The topological polar surface area (TPSA) is 31.4 Å². The number of rotatable bonds is 2. The summed E-state index contributed by atoms with van der Waals surface area (Å²) < 4.78 is 10.4. The Morgan fingerprint density at radius 1 is 1.13 bits per heavy atom. The van der Waals surface area contributed by atoms with Crippen LogP contribution < -0.4 is 9.47 Å². The summed E-state index contributed by atoms with van der Waals surface area (Å²) in [5.74, 6) is 1.38. The third-order valence-electron chi connectivity index (χ3n) is 2.34. The van der Waals surface area contributed by atoms with E-state index in [1.165, 1.54) is 0 Å². The average Bonchev–Trinajstić information content (AvgIpc) is 2.28. The summed E-state index contributed by atoms with van der Waals surface area (Å²) >= 11 is 0. The molecular weight excluding hydrogens is 190 g/mol. The normalized spacial score (nSPS) is 10.3. The fourth-order valence-corrected chi connectivity index (χ4v) is 1.53. The maximum atomic E-state index is 5.22. The van der Waals surface area contributed by atoms with Crippen molar-refractivity contribution < 1.29 is 9.47 Å². The maximum Gasteiger partial charge on any atom is 0.162 e. The molecule has 0 unspecified atom stereocenters. The summed E-state index contributed by atoms with van der Waals surface area (Å²) in [6.07, 6.45) is 1.73. The van der Waals surface area contributed by atoms with Crippen molar-refractivity contribution in [2.75, 3.05) is 14.2 Å². The monoisotopic (exact) mass is 202 g/mol. The Labute approximate surface area is 88.7 Å². The lowest BCUT2D eigenvalue weighted by Gasteiger charge is -2.09. The summed E-state index contributed by atoms with van der Waals surface area (Å²) in [4.78, 5) is 4.25. The largest absolute Gasteiger partial charge is 0.493 e. The molecule has 1 heterocycles. The number of pyridine rings is 1. The van der Waals surface area contributed by atoms with E-state index in [2.05, 4.69) is 11.9 Å². The van der Waals surface area contributed by atoms with Gasteiger partial charge in [-0.25, -0.2) is 0 Å². The Kier molecular flexibility index (Phi) is 2.46. The Morgan fingerprint density at radius 2 is 1.80 bits per heavy atom. The minimum atomic E-state index is 0.683. The zero-order valence-electron chi connectivity index (χ0n) is 8.78. The SMILES string of the molecule is [CH2]c1ccnc2cc(OC)c(OC)cc12. The van der Waals surface area contributed by atoms with Crippen molar-refractivity contribution in [1.29, 1.82) is 0 Å². The third kappa shape index (κ3) is 1.61. The molecule has 3 heteroatoms. The van der Waals surface area contributed by atoms with Crippen LogP contribution in [-0.4, -0.2) is 19.2 Å². The van der Waals surface area contributed by atoms with E-state index in [4.69, 9.17) is 9.47 Å². The van der Waals surface area contributed by atoms with Gasteiger partial charge in [-0.15, -0.1) is 0 Å². The van der Waals surface area contributed by atoms with Crippen LogP contribution in [0.3, 0.4) is 0 Å². The van der Waals surface area contributed by atoms with Crippen molar-refractivity contribution >= 4 is 10.9 Å². The van der Waals surface area contributed by atoms with E-state index in [1.54, 1.807) is 20.4 Å². The van der Waals surface area contributed by atoms with Gasteiger partial charge in [0.2, 0.25) is 0 Å². The highest BCUT2D eigenvalue weighted by Crippen LogP contribution is 2.32. The van der Waals surface area contributed by atoms with E-state index in [0.29, 0.717) is 11.5 Å². The molecule has 3 nitrogen and oxygen atoms in total. The fourth-order valence-electron chi connectivity index (χ4n) is 1.53. The highest BCUT2D eigenvalue weighted by atomic mass is 16.5. The average molecular weight is 202 g/mol. The number of ether oxygens (including phenoxy) is 2. The van der Waals surface area contributed by atoms with E-state index in [1.807, 2.05) is 18.2 Å². The van der Waals surface area contributed by atoms with Crippen molar-refractivity contribution in [1.82, 2.24) is 4.98 Å². The van der Waals surface area contributed by atoms with Crippen molar-refractivity contribution in [3.05, 3.63) is 36.9 Å². The van der Waals surface area contributed by atoms with Gasteiger partial charge in [0.25, 0.3) is 0 Å². The Balaban J connectivity index is 2.75. The van der Waals surface area contributed by atoms with Gasteiger partial charge in [0.15, 0.2) is 11.5 Å². The molecule has 0 saturated heterocycles. The first-order chi connectivity index (χ1) is 7.26. The molecule has 0 aliphatic carbocycles. The number of hydrogen-bond donors (Lipinski definition) is 0. The van der Waals surface area contributed by atoms with E-state index in [9.17, 15) is 0 Å². The Hall–Kier alpha value is -1.77. The van der Waals surface area contributed by atoms with Crippen molar-refractivity contribution in [2.24, 2.45) is 0 Å². The van der Waals surface area contributed by atoms with Crippen molar-refractivity contribution in [3.8, 4) is 11.5 Å². The van der Waals surface area contributed by atoms with Gasteiger partial charge in [-0.2, -0.15) is 0 Å². The van der Waals surface area contributed by atoms with Gasteiger partial charge in [0.1, 0.15) is 0 Å². The highest BCUT2D eigenvalue weighted by molar-refractivity contribution is 5.86. The van der Waals surface area contributed by atoms with Gasteiger partial charge in [0.05, 0.1) is 19.7 Å². The molecule has 0 N–H and O–H groups in total. The molecule has 1 aromatic carbocycles. The summed E-state index contributed by atoms with van der Waals surface area (Å²) in [7, 11) is 3.22. The lowest BCUT2D eigenvalue weighted by molar-refractivity contribution is 0.356. The van der Waals surface area contributed by atoms with Crippen LogP contribution in [0.4, 0.5) is 0 Å². The van der Waals surface area contributed by atoms with E-state index < -0.39 is 0 Å². The van der Waals surface area contributed by atoms with Gasteiger partial charge in [-0.3, -0.25) is 4.98 Å².